The maximum Gasteiger partial charge on any atom is 0.253 e. The highest BCUT2D eigenvalue weighted by Crippen LogP contribution is 2.29. The smallest absolute Gasteiger partial charge is 0.253 e. The predicted molar refractivity (Wildman–Crippen MR) is 67.3 cm³/mol. The second-order valence-corrected chi connectivity index (χ2v) is 3.81. The van der Waals surface area contributed by atoms with Crippen molar-refractivity contribution in [2.45, 2.75) is 6.92 Å². The average molecular weight is 227 g/mol. The minimum absolute atomic E-state index is 0.168. The third-order valence-electron chi connectivity index (χ3n) is 2.61. The molecule has 86 valence electrons. The van der Waals surface area contributed by atoms with Crippen LogP contribution in [-0.4, -0.2) is 10.9 Å². The van der Waals surface area contributed by atoms with Crippen LogP contribution in [0.2, 0.25) is 0 Å². The summed E-state index contributed by atoms with van der Waals surface area (Å²) in [5.41, 5.74) is 13.9. The van der Waals surface area contributed by atoms with Gasteiger partial charge in [-0.15, -0.1) is 0 Å². The largest absolute Gasteiger partial charge is 0.383 e. The Bertz CT molecular complexity index is 564. The molecule has 4 N–H and O–H groups in total. The lowest BCUT2D eigenvalue weighted by Gasteiger charge is -2.12. The molecule has 0 aliphatic rings. The van der Waals surface area contributed by atoms with Gasteiger partial charge in [0, 0.05) is 11.8 Å². The van der Waals surface area contributed by atoms with Gasteiger partial charge in [-0.2, -0.15) is 0 Å². The number of nitrogens with two attached hydrogens (primary N) is 2. The molecule has 0 bridgehead atoms. The van der Waals surface area contributed by atoms with Gasteiger partial charge in [-0.25, -0.2) is 4.98 Å². The number of aryl methyl sites for hydroxylation is 1. The maximum absolute atomic E-state index is 11.5. The lowest BCUT2D eigenvalue weighted by molar-refractivity contribution is 0.100. The molecule has 0 atom stereocenters. The van der Waals surface area contributed by atoms with Gasteiger partial charge in [0.2, 0.25) is 0 Å². The average Bonchev–Trinajstić information content (AvgIpc) is 2.32. The fourth-order valence-corrected chi connectivity index (χ4v) is 1.85. The van der Waals surface area contributed by atoms with Crippen LogP contribution in [0.1, 0.15) is 15.9 Å². The lowest BCUT2D eigenvalue weighted by Crippen LogP contribution is -2.16. The Morgan fingerprint density at radius 3 is 2.47 bits per heavy atom. The number of hydrogen-bond acceptors (Lipinski definition) is 3. The normalized spacial score (nSPS) is 10.2. The van der Waals surface area contributed by atoms with E-state index in [0.717, 1.165) is 16.7 Å². The number of amides is 1. The second-order valence-electron chi connectivity index (χ2n) is 3.81. The molecule has 0 aliphatic heterocycles. The number of hydrogen-bond donors (Lipinski definition) is 2. The number of nitrogen functional groups attached to an aromatic ring is 1. The number of anilines is 1. The Labute approximate surface area is 99.3 Å². The summed E-state index contributed by atoms with van der Waals surface area (Å²) >= 11 is 0. The molecule has 1 amide bonds. The van der Waals surface area contributed by atoms with Crippen LogP contribution < -0.4 is 11.5 Å². The molecule has 0 unspecified atom stereocenters. The van der Waals surface area contributed by atoms with E-state index in [9.17, 15) is 4.79 Å². The number of rotatable bonds is 2. The molecule has 1 aromatic heterocycles. The van der Waals surface area contributed by atoms with Crippen LogP contribution in [-0.2, 0) is 0 Å². The predicted octanol–water partition coefficient (Wildman–Crippen LogP) is 1.74. The summed E-state index contributed by atoms with van der Waals surface area (Å²) in [7, 11) is 0. The summed E-state index contributed by atoms with van der Waals surface area (Å²) in [6.07, 6.45) is 1.64. The standard InChI is InChI=1S/C13H13N3O/c1-8-7-16-12(14)11(13(15)17)10(8)9-5-3-2-4-6-9/h2-7H,1H3,(H2,14,16)(H2,15,17). The third kappa shape index (κ3) is 1.97. The topological polar surface area (TPSA) is 82.0 Å². The van der Waals surface area contributed by atoms with E-state index in [-0.39, 0.29) is 11.4 Å². The zero-order valence-electron chi connectivity index (χ0n) is 9.47. The highest BCUT2D eigenvalue weighted by Gasteiger charge is 2.16. The van der Waals surface area contributed by atoms with E-state index < -0.39 is 5.91 Å². The second kappa shape index (κ2) is 4.25. The van der Waals surface area contributed by atoms with E-state index in [1.54, 1.807) is 6.20 Å². The quantitative estimate of drug-likeness (QED) is 0.819. The monoisotopic (exact) mass is 227 g/mol. The summed E-state index contributed by atoms with van der Waals surface area (Å²) < 4.78 is 0. The van der Waals surface area contributed by atoms with Gasteiger partial charge >= 0.3 is 0 Å². The van der Waals surface area contributed by atoms with Crippen molar-refractivity contribution in [3.05, 3.63) is 47.7 Å². The fraction of sp³-hybridized carbons (Fsp3) is 0.0769. The molecule has 4 heteroatoms. The number of benzene rings is 1. The molecule has 0 fully saturated rings. The Morgan fingerprint density at radius 1 is 1.24 bits per heavy atom. The molecule has 1 heterocycles. The number of aromatic nitrogens is 1. The molecule has 17 heavy (non-hydrogen) atoms. The zero-order chi connectivity index (χ0) is 12.4. The van der Waals surface area contributed by atoms with Crippen LogP contribution in [0.5, 0.6) is 0 Å². The summed E-state index contributed by atoms with van der Waals surface area (Å²) in [5, 5.41) is 0. The summed E-state index contributed by atoms with van der Waals surface area (Å²) in [4.78, 5) is 15.4. The van der Waals surface area contributed by atoms with Crippen LogP contribution in [0.15, 0.2) is 36.5 Å². The van der Waals surface area contributed by atoms with E-state index in [4.69, 9.17) is 11.5 Å². The first-order valence-corrected chi connectivity index (χ1v) is 5.21. The number of pyridine rings is 1. The summed E-state index contributed by atoms with van der Waals surface area (Å²) in [6.45, 7) is 1.88. The third-order valence-corrected chi connectivity index (χ3v) is 2.61. The van der Waals surface area contributed by atoms with Gasteiger partial charge < -0.3 is 11.5 Å². The number of carbonyl (C=O) groups excluding carboxylic acids is 1. The van der Waals surface area contributed by atoms with Crippen molar-refractivity contribution in [3.63, 3.8) is 0 Å². The van der Waals surface area contributed by atoms with E-state index in [1.165, 1.54) is 0 Å². The Hall–Kier alpha value is -2.36. The molecule has 0 radical (unpaired) electrons. The number of nitrogens with zero attached hydrogens (tertiary/aromatic N) is 1. The molecule has 2 aromatic rings. The zero-order valence-corrected chi connectivity index (χ0v) is 9.47. The van der Waals surface area contributed by atoms with Crippen molar-refractivity contribution in [2.75, 3.05) is 5.73 Å². The van der Waals surface area contributed by atoms with Gasteiger partial charge in [0.25, 0.3) is 5.91 Å². The van der Waals surface area contributed by atoms with Crippen molar-refractivity contribution in [1.29, 1.82) is 0 Å². The number of primary amides is 1. The van der Waals surface area contributed by atoms with E-state index >= 15 is 0 Å². The van der Waals surface area contributed by atoms with E-state index in [2.05, 4.69) is 4.98 Å². The van der Waals surface area contributed by atoms with Crippen molar-refractivity contribution in [3.8, 4) is 11.1 Å². The van der Waals surface area contributed by atoms with Gasteiger partial charge in [0.15, 0.2) is 0 Å². The molecule has 0 spiro atoms. The van der Waals surface area contributed by atoms with Gasteiger partial charge in [-0.1, -0.05) is 30.3 Å². The Balaban J connectivity index is 2.76. The number of carbonyl (C=O) groups is 1. The molecular formula is C13H13N3O. The lowest BCUT2D eigenvalue weighted by atomic mass is 9.96. The van der Waals surface area contributed by atoms with E-state index in [1.807, 2.05) is 37.3 Å². The van der Waals surface area contributed by atoms with Crippen LogP contribution in [0, 0.1) is 6.92 Å². The minimum atomic E-state index is -0.558. The molecule has 0 aliphatic carbocycles. The molecule has 4 nitrogen and oxygen atoms in total. The first-order chi connectivity index (χ1) is 8.11. The van der Waals surface area contributed by atoms with Crippen molar-refractivity contribution >= 4 is 11.7 Å². The molecule has 2 rings (SSSR count). The Morgan fingerprint density at radius 2 is 1.88 bits per heavy atom. The molecule has 0 saturated carbocycles. The van der Waals surface area contributed by atoms with Crippen LogP contribution in [0.25, 0.3) is 11.1 Å². The highest BCUT2D eigenvalue weighted by molar-refractivity contribution is 6.04. The van der Waals surface area contributed by atoms with Crippen molar-refractivity contribution in [2.24, 2.45) is 5.73 Å². The molecular weight excluding hydrogens is 214 g/mol. The first-order valence-electron chi connectivity index (χ1n) is 5.21. The van der Waals surface area contributed by atoms with Gasteiger partial charge in [0.05, 0.1) is 5.56 Å². The van der Waals surface area contributed by atoms with E-state index in [0.29, 0.717) is 0 Å². The minimum Gasteiger partial charge on any atom is -0.383 e. The molecule has 0 saturated heterocycles. The van der Waals surface area contributed by atoms with Gasteiger partial charge in [-0.3, -0.25) is 4.79 Å². The maximum atomic E-state index is 11.5. The van der Waals surface area contributed by atoms with Gasteiger partial charge in [-0.05, 0) is 18.1 Å². The summed E-state index contributed by atoms with van der Waals surface area (Å²) in [5.74, 6) is -0.389. The van der Waals surface area contributed by atoms with Crippen molar-refractivity contribution < 1.29 is 4.79 Å². The SMILES string of the molecule is Cc1cnc(N)c(C(N)=O)c1-c1ccccc1. The van der Waals surface area contributed by atoms with Crippen LogP contribution in [0.4, 0.5) is 5.82 Å². The Kier molecular flexibility index (Phi) is 2.78. The van der Waals surface area contributed by atoms with Crippen LogP contribution in [0.3, 0.4) is 0 Å². The first kappa shape index (κ1) is 11.1. The van der Waals surface area contributed by atoms with Crippen LogP contribution >= 0.6 is 0 Å². The summed E-state index contributed by atoms with van der Waals surface area (Å²) in [6, 6.07) is 9.53. The van der Waals surface area contributed by atoms with Crippen molar-refractivity contribution in [1.82, 2.24) is 4.98 Å². The molecule has 1 aromatic carbocycles. The van der Waals surface area contributed by atoms with Gasteiger partial charge in [0.1, 0.15) is 5.82 Å². The fourth-order valence-electron chi connectivity index (χ4n) is 1.85. The highest BCUT2D eigenvalue weighted by atomic mass is 16.1.